The number of anilines is 1. The monoisotopic (exact) mass is 283 g/mol. The third kappa shape index (κ3) is 2.94. The lowest BCUT2D eigenvalue weighted by molar-refractivity contribution is 0.327. The minimum absolute atomic E-state index is 0.574. The number of hydrogen-bond acceptors (Lipinski definition) is 3. The summed E-state index contributed by atoms with van der Waals surface area (Å²) < 4.78 is 0.952. The van der Waals surface area contributed by atoms with Gasteiger partial charge in [0.25, 0.3) is 0 Å². The van der Waals surface area contributed by atoms with Gasteiger partial charge in [-0.1, -0.05) is 26.2 Å². The maximum absolute atomic E-state index is 4.25. The summed E-state index contributed by atoms with van der Waals surface area (Å²) in [7, 11) is 0. The Morgan fingerprint density at radius 1 is 1.50 bits per heavy atom. The Bertz CT molecular complexity index is 343. The normalized spacial score (nSPS) is 25.4. The van der Waals surface area contributed by atoms with Gasteiger partial charge >= 0.3 is 0 Å². The topological polar surface area (TPSA) is 37.8 Å². The maximum atomic E-state index is 4.25. The van der Waals surface area contributed by atoms with Crippen molar-refractivity contribution in [2.45, 2.75) is 45.1 Å². The van der Waals surface area contributed by atoms with E-state index in [1.807, 2.05) is 0 Å². The van der Waals surface area contributed by atoms with E-state index in [0.717, 1.165) is 16.2 Å². The first-order chi connectivity index (χ1) is 7.79. The Morgan fingerprint density at radius 2 is 2.38 bits per heavy atom. The summed E-state index contributed by atoms with van der Waals surface area (Å²) in [6.07, 6.45) is 9.92. The van der Waals surface area contributed by atoms with Crippen LogP contribution in [0.3, 0.4) is 0 Å². The fourth-order valence-corrected chi connectivity index (χ4v) is 2.74. The standard InChI is InChI=1S/C12H18BrN3/c1-2-9-4-3-5-10(6-9)16-12-11(13)7-14-8-15-12/h7-10H,2-6H2,1H3,(H,14,15,16). The van der Waals surface area contributed by atoms with Gasteiger partial charge in [-0.2, -0.15) is 0 Å². The predicted octanol–water partition coefficient (Wildman–Crippen LogP) is 3.62. The zero-order valence-electron chi connectivity index (χ0n) is 9.62. The number of aromatic nitrogens is 2. The van der Waals surface area contributed by atoms with Gasteiger partial charge in [-0.3, -0.25) is 0 Å². The van der Waals surface area contributed by atoms with Crippen LogP contribution in [0.5, 0.6) is 0 Å². The van der Waals surface area contributed by atoms with E-state index in [1.165, 1.54) is 32.1 Å². The number of rotatable bonds is 3. The zero-order valence-corrected chi connectivity index (χ0v) is 11.2. The Hall–Kier alpha value is -0.640. The molecule has 0 bridgehead atoms. The Morgan fingerprint density at radius 3 is 3.12 bits per heavy atom. The maximum Gasteiger partial charge on any atom is 0.143 e. The third-order valence-electron chi connectivity index (χ3n) is 3.37. The van der Waals surface area contributed by atoms with E-state index in [0.29, 0.717) is 6.04 Å². The van der Waals surface area contributed by atoms with Crippen molar-refractivity contribution < 1.29 is 0 Å². The second-order valence-electron chi connectivity index (χ2n) is 4.50. The average Bonchev–Trinajstić information content (AvgIpc) is 2.32. The van der Waals surface area contributed by atoms with Crippen LogP contribution in [-0.2, 0) is 0 Å². The molecule has 2 rings (SSSR count). The first-order valence-electron chi connectivity index (χ1n) is 6.01. The molecule has 16 heavy (non-hydrogen) atoms. The van der Waals surface area contributed by atoms with Gasteiger partial charge in [-0.25, -0.2) is 9.97 Å². The lowest BCUT2D eigenvalue weighted by Crippen LogP contribution is -2.27. The van der Waals surface area contributed by atoms with Gasteiger partial charge in [0, 0.05) is 12.2 Å². The van der Waals surface area contributed by atoms with Gasteiger partial charge in [-0.15, -0.1) is 0 Å². The van der Waals surface area contributed by atoms with E-state index in [-0.39, 0.29) is 0 Å². The molecule has 1 aromatic heterocycles. The minimum atomic E-state index is 0.574. The van der Waals surface area contributed by atoms with Crippen LogP contribution in [0.15, 0.2) is 17.0 Å². The smallest absolute Gasteiger partial charge is 0.143 e. The molecule has 0 saturated heterocycles. The summed E-state index contributed by atoms with van der Waals surface area (Å²) in [6.45, 7) is 2.29. The summed E-state index contributed by atoms with van der Waals surface area (Å²) in [4.78, 5) is 8.23. The SMILES string of the molecule is CCC1CCCC(Nc2ncncc2Br)C1. The molecule has 1 fully saturated rings. The highest BCUT2D eigenvalue weighted by atomic mass is 79.9. The predicted molar refractivity (Wildman–Crippen MR) is 69.4 cm³/mol. The van der Waals surface area contributed by atoms with Crippen molar-refractivity contribution >= 4 is 21.7 Å². The van der Waals surface area contributed by atoms with Crippen molar-refractivity contribution in [2.24, 2.45) is 5.92 Å². The summed E-state index contributed by atoms with van der Waals surface area (Å²) in [6, 6.07) is 0.574. The molecule has 4 heteroatoms. The minimum Gasteiger partial charge on any atom is -0.366 e. The molecule has 88 valence electrons. The van der Waals surface area contributed by atoms with Crippen molar-refractivity contribution in [3.63, 3.8) is 0 Å². The molecular weight excluding hydrogens is 266 g/mol. The Labute approximate surface area is 105 Å². The second-order valence-corrected chi connectivity index (χ2v) is 5.36. The molecule has 0 aromatic carbocycles. The quantitative estimate of drug-likeness (QED) is 0.921. The molecule has 0 spiro atoms. The van der Waals surface area contributed by atoms with Crippen LogP contribution in [0.2, 0.25) is 0 Å². The van der Waals surface area contributed by atoms with Crippen LogP contribution in [0.25, 0.3) is 0 Å². The fourth-order valence-electron chi connectivity index (χ4n) is 2.41. The van der Waals surface area contributed by atoms with Gasteiger partial charge < -0.3 is 5.32 Å². The number of halogens is 1. The van der Waals surface area contributed by atoms with Crippen LogP contribution in [0.4, 0.5) is 5.82 Å². The van der Waals surface area contributed by atoms with Crippen molar-refractivity contribution in [3.05, 3.63) is 17.0 Å². The first-order valence-corrected chi connectivity index (χ1v) is 6.81. The second kappa shape index (κ2) is 5.62. The van der Waals surface area contributed by atoms with Gasteiger partial charge in [-0.05, 0) is 34.7 Å². The van der Waals surface area contributed by atoms with E-state index in [2.05, 4.69) is 38.1 Å². The molecule has 1 saturated carbocycles. The summed E-state index contributed by atoms with van der Waals surface area (Å²) in [5, 5.41) is 3.52. The summed E-state index contributed by atoms with van der Waals surface area (Å²) >= 11 is 3.47. The lowest BCUT2D eigenvalue weighted by atomic mass is 9.84. The molecule has 1 N–H and O–H groups in total. The molecule has 0 amide bonds. The van der Waals surface area contributed by atoms with Crippen LogP contribution < -0.4 is 5.32 Å². The lowest BCUT2D eigenvalue weighted by Gasteiger charge is -2.29. The molecule has 3 nitrogen and oxygen atoms in total. The van der Waals surface area contributed by atoms with Crippen LogP contribution in [-0.4, -0.2) is 16.0 Å². The van der Waals surface area contributed by atoms with Gasteiger partial charge in [0.15, 0.2) is 0 Å². The largest absolute Gasteiger partial charge is 0.366 e. The molecule has 1 heterocycles. The zero-order chi connectivity index (χ0) is 11.4. The highest BCUT2D eigenvalue weighted by Gasteiger charge is 2.21. The van der Waals surface area contributed by atoms with Crippen molar-refractivity contribution in [1.82, 2.24) is 9.97 Å². The average molecular weight is 284 g/mol. The van der Waals surface area contributed by atoms with Crippen molar-refractivity contribution in [2.75, 3.05) is 5.32 Å². The highest BCUT2D eigenvalue weighted by molar-refractivity contribution is 9.10. The van der Waals surface area contributed by atoms with E-state index in [1.54, 1.807) is 12.5 Å². The fraction of sp³-hybridized carbons (Fsp3) is 0.667. The number of hydrogen-bond donors (Lipinski definition) is 1. The molecule has 2 unspecified atom stereocenters. The molecule has 1 aliphatic rings. The van der Waals surface area contributed by atoms with E-state index in [9.17, 15) is 0 Å². The molecular formula is C12H18BrN3. The summed E-state index contributed by atoms with van der Waals surface area (Å²) in [5.41, 5.74) is 0. The van der Waals surface area contributed by atoms with E-state index >= 15 is 0 Å². The third-order valence-corrected chi connectivity index (χ3v) is 3.95. The first kappa shape index (κ1) is 11.8. The van der Waals surface area contributed by atoms with Gasteiger partial charge in [0.1, 0.15) is 12.1 Å². The van der Waals surface area contributed by atoms with Crippen molar-refractivity contribution in [3.8, 4) is 0 Å². The van der Waals surface area contributed by atoms with Gasteiger partial charge in [0.05, 0.1) is 4.47 Å². The summed E-state index contributed by atoms with van der Waals surface area (Å²) in [5.74, 6) is 1.81. The number of nitrogens with zero attached hydrogens (tertiary/aromatic N) is 2. The molecule has 2 atom stereocenters. The van der Waals surface area contributed by atoms with Crippen LogP contribution >= 0.6 is 15.9 Å². The van der Waals surface area contributed by atoms with Crippen LogP contribution in [0, 0.1) is 5.92 Å². The highest BCUT2D eigenvalue weighted by Crippen LogP contribution is 2.29. The number of nitrogens with one attached hydrogen (secondary N) is 1. The van der Waals surface area contributed by atoms with Crippen LogP contribution in [0.1, 0.15) is 39.0 Å². The molecule has 0 radical (unpaired) electrons. The van der Waals surface area contributed by atoms with E-state index in [4.69, 9.17) is 0 Å². The molecule has 1 aliphatic carbocycles. The van der Waals surface area contributed by atoms with Gasteiger partial charge in [0.2, 0.25) is 0 Å². The van der Waals surface area contributed by atoms with E-state index < -0.39 is 0 Å². The molecule has 0 aliphatic heterocycles. The van der Waals surface area contributed by atoms with Crippen molar-refractivity contribution in [1.29, 1.82) is 0 Å². The Kier molecular flexibility index (Phi) is 4.16. The Balaban J connectivity index is 1.97. The molecule has 1 aromatic rings.